The molecule has 9 nitrogen and oxygen atoms in total. The van der Waals surface area contributed by atoms with Gasteiger partial charge in [-0.15, -0.1) is 5.10 Å². The summed E-state index contributed by atoms with van der Waals surface area (Å²) < 4.78 is 13.2. The number of benzene rings is 1. The quantitative estimate of drug-likeness (QED) is 0.286. The van der Waals surface area contributed by atoms with Crippen molar-refractivity contribution in [3.8, 4) is 28.9 Å². The third-order valence-electron chi connectivity index (χ3n) is 6.21. The van der Waals surface area contributed by atoms with E-state index in [1.54, 1.807) is 0 Å². The lowest BCUT2D eigenvalue weighted by Gasteiger charge is -2.32. The van der Waals surface area contributed by atoms with E-state index in [-0.39, 0.29) is 11.2 Å². The molecule has 1 saturated heterocycles. The molecule has 1 aromatic carbocycles. The van der Waals surface area contributed by atoms with Crippen LogP contribution in [0.3, 0.4) is 0 Å². The third kappa shape index (κ3) is 6.30. The van der Waals surface area contributed by atoms with Crippen LogP contribution in [0.1, 0.15) is 38.1 Å². The monoisotopic (exact) mass is 537 g/mol. The fourth-order valence-electron chi connectivity index (χ4n) is 4.29. The van der Waals surface area contributed by atoms with Gasteiger partial charge in [0.25, 0.3) is 5.89 Å². The van der Waals surface area contributed by atoms with E-state index < -0.39 is 0 Å². The van der Waals surface area contributed by atoms with Gasteiger partial charge in [-0.1, -0.05) is 14.4 Å². The second-order valence-corrected chi connectivity index (χ2v) is 12.3. The second-order valence-electron chi connectivity index (χ2n) is 9.74. The van der Waals surface area contributed by atoms with E-state index in [4.69, 9.17) is 9.26 Å². The minimum absolute atomic E-state index is 0.287. The van der Waals surface area contributed by atoms with Gasteiger partial charge in [-0.05, 0) is 81.8 Å². The van der Waals surface area contributed by atoms with Gasteiger partial charge < -0.3 is 14.2 Å². The number of ether oxygens (including phenoxy) is 1. The van der Waals surface area contributed by atoms with Gasteiger partial charge in [-0.2, -0.15) is 16.7 Å². The molecule has 0 aliphatic carbocycles. The summed E-state index contributed by atoms with van der Waals surface area (Å²) in [6.07, 6.45) is 6.46. The van der Waals surface area contributed by atoms with Gasteiger partial charge in [0.2, 0.25) is 11.6 Å². The van der Waals surface area contributed by atoms with Crippen LogP contribution in [0.2, 0.25) is 0 Å². The molecular weight excluding hydrogens is 505 g/mol. The minimum atomic E-state index is -0.341. The molecule has 1 aliphatic rings. The van der Waals surface area contributed by atoms with Crippen LogP contribution < -0.4 is 9.64 Å². The van der Waals surface area contributed by atoms with E-state index in [1.165, 1.54) is 12.8 Å². The number of pyridine rings is 1. The molecule has 0 spiro atoms. The molecule has 1 fully saturated rings. The van der Waals surface area contributed by atoms with E-state index >= 15 is 0 Å². The first-order valence-corrected chi connectivity index (χ1v) is 14.2. The summed E-state index contributed by atoms with van der Waals surface area (Å²) in [5.74, 6) is 3.74. The number of anilines is 1. The molecule has 4 heterocycles. The Morgan fingerprint density at radius 1 is 1.11 bits per heavy atom. The van der Waals surface area contributed by atoms with Crippen LogP contribution in [0.25, 0.3) is 23.1 Å². The van der Waals surface area contributed by atoms with Crippen LogP contribution in [-0.4, -0.2) is 59.8 Å². The number of hydrogen-bond acceptors (Lipinski definition) is 9. The number of thioether (sulfide) groups is 1. The van der Waals surface area contributed by atoms with Crippen LogP contribution in [-0.2, 0) is 6.54 Å². The fourth-order valence-corrected chi connectivity index (χ4v) is 5.11. The molecule has 0 bridgehead atoms. The normalized spacial score (nSPS) is 14.8. The van der Waals surface area contributed by atoms with Crippen molar-refractivity contribution < 1.29 is 9.26 Å². The third-order valence-corrected chi connectivity index (χ3v) is 7.46. The molecule has 1 atom stereocenters. The first-order valence-electron chi connectivity index (χ1n) is 12.3. The smallest absolute Gasteiger partial charge is 0.297 e. The number of piperidine rings is 1. The van der Waals surface area contributed by atoms with Crippen molar-refractivity contribution in [3.05, 3.63) is 54.0 Å². The molecule has 1 unspecified atom stereocenters. The van der Waals surface area contributed by atoms with Crippen LogP contribution in [0.15, 0.2) is 47.1 Å². The first-order chi connectivity index (χ1) is 17.8. The maximum Gasteiger partial charge on any atom is 0.297 e. The zero-order valence-corrected chi connectivity index (χ0v) is 23.6. The van der Waals surface area contributed by atoms with Gasteiger partial charge in [0.15, 0.2) is 0 Å². The Bertz CT molecular complexity index is 1340. The highest BCUT2D eigenvalue weighted by atomic mass is 32.2. The molecule has 5 rings (SSSR count). The Morgan fingerprint density at radius 2 is 1.86 bits per heavy atom. The molecule has 3 aromatic heterocycles. The van der Waals surface area contributed by atoms with Crippen LogP contribution >= 0.6 is 21.0 Å². The summed E-state index contributed by atoms with van der Waals surface area (Å²) in [4.78, 5) is 16.1. The summed E-state index contributed by atoms with van der Waals surface area (Å²) in [7, 11) is 2.67. The lowest BCUT2D eigenvalue weighted by atomic mass is 10.1. The lowest BCUT2D eigenvalue weighted by molar-refractivity contribution is 0.206. The van der Waals surface area contributed by atoms with Crippen molar-refractivity contribution in [3.63, 3.8) is 0 Å². The Balaban J connectivity index is 1.28. The van der Waals surface area contributed by atoms with E-state index in [9.17, 15) is 0 Å². The zero-order chi connectivity index (χ0) is 26.0. The molecule has 0 N–H and O–H groups in total. The average molecular weight is 538 g/mol. The van der Waals surface area contributed by atoms with E-state index in [2.05, 4.69) is 51.7 Å². The molecule has 37 heavy (non-hydrogen) atoms. The minimum Gasteiger partial charge on any atom is -0.484 e. The van der Waals surface area contributed by atoms with Crippen molar-refractivity contribution in [2.45, 2.75) is 50.7 Å². The maximum atomic E-state index is 5.85. The Morgan fingerprint density at radius 3 is 2.57 bits per heavy atom. The first kappa shape index (κ1) is 25.7. The standard InChI is InChI=1S/C26H32N7O2PS/c1-17-28-24(25-29-23(31-35-25)19-5-7-20(8-6-19)34-26(2,3)36)30-33(17)16-18-9-12-27-22(15-18)32-13-10-21(37-4)11-14-32/h5-9,12,15,21H,10-11,13-14,16,36H2,1-4H3. The van der Waals surface area contributed by atoms with Gasteiger partial charge in [-0.3, -0.25) is 0 Å². The Kier molecular flexibility index (Phi) is 7.49. The van der Waals surface area contributed by atoms with E-state index in [0.29, 0.717) is 18.2 Å². The van der Waals surface area contributed by atoms with Crippen LogP contribution in [0.4, 0.5) is 5.82 Å². The predicted octanol–water partition coefficient (Wildman–Crippen LogP) is 5.07. The largest absolute Gasteiger partial charge is 0.484 e. The molecule has 0 amide bonds. The number of nitrogens with zero attached hydrogens (tertiary/aromatic N) is 7. The number of aromatic nitrogens is 6. The Hall–Kier alpha value is -2.97. The summed E-state index contributed by atoms with van der Waals surface area (Å²) >= 11 is 1.96. The van der Waals surface area contributed by atoms with Crippen molar-refractivity contribution in [1.29, 1.82) is 0 Å². The van der Waals surface area contributed by atoms with Crippen molar-refractivity contribution in [1.82, 2.24) is 29.9 Å². The predicted molar refractivity (Wildman–Crippen MR) is 150 cm³/mol. The summed E-state index contributed by atoms with van der Waals surface area (Å²) in [5.41, 5.74) is 1.95. The van der Waals surface area contributed by atoms with Crippen molar-refractivity contribution >= 4 is 26.8 Å². The van der Waals surface area contributed by atoms with Gasteiger partial charge in [-0.25, -0.2) is 14.6 Å². The summed E-state index contributed by atoms with van der Waals surface area (Å²) in [5, 5.41) is 9.19. The van der Waals surface area contributed by atoms with Gasteiger partial charge >= 0.3 is 0 Å². The topological polar surface area (TPSA) is 95.0 Å². The van der Waals surface area contributed by atoms with Gasteiger partial charge in [0, 0.05) is 30.1 Å². The lowest BCUT2D eigenvalue weighted by Crippen LogP contribution is -2.35. The molecular formula is C26H32N7O2PS. The average Bonchev–Trinajstić information content (AvgIpc) is 3.51. The zero-order valence-electron chi connectivity index (χ0n) is 21.6. The highest BCUT2D eigenvalue weighted by Gasteiger charge is 2.20. The van der Waals surface area contributed by atoms with Crippen molar-refractivity contribution in [2.75, 3.05) is 24.2 Å². The highest BCUT2D eigenvalue weighted by Crippen LogP contribution is 2.27. The fraction of sp³-hybridized carbons (Fsp3) is 0.423. The van der Waals surface area contributed by atoms with Crippen molar-refractivity contribution in [2.24, 2.45) is 0 Å². The molecule has 4 aromatic rings. The van der Waals surface area contributed by atoms with Crippen LogP contribution in [0.5, 0.6) is 5.75 Å². The Labute approximate surface area is 223 Å². The summed E-state index contributed by atoms with van der Waals surface area (Å²) in [6.45, 7) is 8.56. The van der Waals surface area contributed by atoms with E-state index in [1.807, 2.05) is 73.7 Å². The SMILES string of the molecule is CSC1CCN(c2cc(Cn3nc(-c4nc(-c5ccc(OC(C)(C)P)cc5)no4)nc3C)ccn2)CC1. The molecule has 0 radical (unpaired) electrons. The number of hydrogen-bond donors (Lipinski definition) is 0. The van der Waals surface area contributed by atoms with Crippen LogP contribution in [0, 0.1) is 6.92 Å². The number of rotatable bonds is 8. The second kappa shape index (κ2) is 10.8. The van der Waals surface area contributed by atoms with Gasteiger partial charge in [0.1, 0.15) is 22.7 Å². The molecule has 0 saturated carbocycles. The highest BCUT2D eigenvalue weighted by molar-refractivity contribution is 7.99. The molecule has 1 aliphatic heterocycles. The number of aryl methyl sites for hydroxylation is 1. The van der Waals surface area contributed by atoms with Gasteiger partial charge in [0.05, 0.1) is 6.54 Å². The molecule has 194 valence electrons. The summed E-state index contributed by atoms with van der Waals surface area (Å²) in [6, 6.07) is 11.8. The molecule has 11 heteroatoms. The maximum absolute atomic E-state index is 5.85. The van der Waals surface area contributed by atoms with E-state index in [0.717, 1.165) is 46.9 Å².